The Morgan fingerprint density at radius 2 is 2.35 bits per heavy atom. The van der Waals surface area contributed by atoms with Crippen LogP contribution in [0.25, 0.3) is 11.0 Å². The Morgan fingerprint density at radius 1 is 1.55 bits per heavy atom. The van der Waals surface area contributed by atoms with Crippen LogP contribution < -0.4 is 0 Å². The standard InChI is InChI=1S/C15H16ClNO3/c1-9-12-7-10(16)4-5-13(12)20-14(9)15(19)17-6-2-3-11(17)8-18/h4-5,7,11,18H,2-3,6,8H2,1H3/t11-/m1/s1. The van der Waals surface area contributed by atoms with Gasteiger partial charge in [-0.2, -0.15) is 0 Å². The Hall–Kier alpha value is -1.52. The number of halogens is 1. The molecule has 0 saturated carbocycles. The molecule has 1 atom stereocenters. The predicted molar refractivity (Wildman–Crippen MR) is 77.1 cm³/mol. The molecule has 3 rings (SSSR count). The average molecular weight is 294 g/mol. The van der Waals surface area contributed by atoms with Crippen molar-refractivity contribution in [3.63, 3.8) is 0 Å². The number of likely N-dealkylation sites (tertiary alicyclic amines) is 1. The van der Waals surface area contributed by atoms with E-state index in [0.29, 0.717) is 22.9 Å². The second-order valence-electron chi connectivity index (χ2n) is 5.17. The maximum Gasteiger partial charge on any atom is 0.290 e. The predicted octanol–water partition coefficient (Wildman–Crippen LogP) is 2.99. The Labute approximate surface area is 121 Å². The number of rotatable bonds is 2. The Kier molecular flexibility index (Phi) is 3.44. The number of benzene rings is 1. The molecule has 106 valence electrons. The summed E-state index contributed by atoms with van der Waals surface area (Å²) < 4.78 is 5.69. The fraction of sp³-hybridized carbons (Fsp3) is 0.400. The molecule has 4 nitrogen and oxygen atoms in total. The molecule has 20 heavy (non-hydrogen) atoms. The van der Waals surface area contributed by atoms with Gasteiger partial charge in [0.05, 0.1) is 12.6 Å². The van der Waals surface area contributed by atoms with E-state index >= 15 is 0 Å². The van der Waals surface area contributed by atoms with Crippen LogP contribution in [0, 0.1) is 6.92 Å². The molecule has 1 aliphatic heterocycles. The first kappa shape index (κ1) is 13.5. The minimum Gasteiger partial charge on any atom is -0.451 e. The van der Waals surface area contributed by atoms with Crippen molar-refractivity contribution in [1.82, 2.24) is 4.90 Å². The van der Waals surface area contributed by atoms with Crippen LogP contribution in [-0.2, 0) is 0 Å². The summed E-state index contributed by atoms with van der Waals surface area (Å²) in [4.78, 5) is 14.3. The highest BCUT2D eigenvalue weighted by Crippen LogP contribution is 2.30. The number of fused-ring (bicyclic) bond motifs is 1. The molecule has 0 bridgehead atoms. The van der Waals surface area contributed by atoms with Crippen molar-refractivity contribution in [2.75, 3.05) is 13.2 Å². The summed E-state index contributed by atoms with van der Waals surface area (Å²) in [5.41, 5.74) is 1.46. The van der Waals surface area contributed by atoms with E-state index < -0.39 is 0 Å². The molecule has 0 spiro atoms. The fourth-order valence-electron chi connectivity index (χ4n) is 2.82. The lowest BCUT2D eigenvalue weighted by atomic mass is 10.1. The zero-order chi connectivity index (χ0) is 14.3. The minimum atomic E-state index is -0.147. The molecule has 1 N–H and O–H groups in total. The summed E-state index contributed by atoms with van der Waals surface area (Å²) in [6.07, 6.45) is 1.76. The van der Waals surface area contributed by atoms with Crippen molar-refractivity contribution in [3.05, 3.63) is 34.5 Å². The molecule has 1 fully saturated rings. The summed E-state index contributed by atoms with van der Waals surface area (Å²) in [5.74, 6) is 0.203. The van der Waals surface area contributed by atoms with Gasteiger partial charge in [0.2, 0.25) is 0 Å². The highest BCUT2D eigenvalue weighted by molar-refractivity contribution is 6.31. The molecule has 0 unspecified atom stereocenters. The molecule has 2 heterocycles. The molecule has 1 amide bonds. The lowest BCUT2D eigenvalue weighted by molar-refractivity contribution is 0.0647. The monoisotopic (exact) mass is 293 g/mol. The van der Waals surface area contributed by atoms with E-state index in [1.54, 1.807) is 23.1 Å². The largest absolute Gasteiger partial charge is 0.451 e. The van der Waals surface area contributed by atoms with Crippen LogP contribution in [0.15, 0.2) is 22.6 Å². The smallest absolute Gasteiger partial charge is 0.290 e. The van der Waals surface area contributed by atoms with Crippen LogP contribution in [0.4, 0.5) is 0 Å². The van der Waals surface area contributed by atoms with Crippen molar-refractivity contribution in [1.29, 1.82) is 0 Å². The molecule has 2 aromatic rings. The van der Waals surface area contributed by atoms with Crippen LogP contribution in [0.5, 0.6) is 0 Å². The maximum atomic E-state index is 12.6. The van der Waals surface area contributed by atoms with E-state index in [-0.39, 0.29) is 18.6 Å². The van der Waals surface area contributed by atoms with E-state index in [1.165, 1.54) is 0 Å². The lowest BCUT2D eigenvalue weighted by Gasteiger charge is -2.22. The fourth-order valence-corrected chi connectivity index (χ4v) is 2.99. The number of aryl methyl sites for hydroxylation is 1. The number of amides is 1. The number of nitrogens with zero attached hydrogens (tertiary/aromatic N) is 1. The highest BCUT2D eigenvalue weighted by Gasteiger charge is 2.31. The van der Waals surface area contributed by atoms with Gasteiger partial charge in [0.1, 0.15) is 5.58 Å². The zero-order valence-corrected chi connectivity index (χ0v) is 12.0. The van der Waals surface area contributed by atoms with Gasteiger partial charge in [-0.25, -0.2) is 0 Å². The highest BCUT2D eigenvalue weighted by atomic mass is 35.5. The van der Waals surface area contributed by atoms with Gasteiger partial charge in [-0.15, -0.1) is 0 Å². The Balaban J connectivity index is 2.01. The number of furan rings is 1. The molecule has 0 radical (unpaired) electrons. The number of carbonyl (C=O) groups excluding carboxylic acids is 1. The van der Waals surface area contributed by atoms with E-state index in [4.69, 9.17) is 16.0 Å². The molecule has 5 heteroatoms. The Morgan fingerprint density at radius 3 is 3.10 bits per heavy atom. The first-order valence-corrected chi connectivity index (χ1v) is 7.10. The molecular formula is C15H16ClNO3. The van der Waals surface area contributed by atoms with Crippen molar-refractivity contribution >= 4 is 28.5 Å². The second kappa shape index (κ2) is 5.11. The van der Waals surface area contributed by atoms with Gasteiger partial charge in [-0.3, -0.25) is 4.79 Å². The van der Waals surface area contributed by atoms with E-state index in [2.05, 4.69) is 0 Å². The van der Waals surface area contributed by atoms with Crippen molar-refractivity contribution in [2.45, 2.75) is 25.8 Å². The Bertz CT molecular complexity index is 664. The second-order valence-corrected chi connectivity index (χ2v) is 5.61. The van der Waals surface area contributed by atoms with E-state index in [9.17, 15) is 9.90 Å². The van der Waals surface area contributed by atoms with Crippen molar-refractivity contribution < 1.29 is 14.3 Å². The summed E-state index contributed by atoms with van der Waals surface area (Å²) >= 11 is 5.98. The van der Waals surface area contributed by atoms with Gasteiger partial charge in [-0.1, -0.05) is 11.6 Å². The molecule has 1 saturated heterocycles. The van der Waals surface area contributed by atoms with Crippen molar-refractivity contribution in [3.8, 4) is 0 Å². The zero-order valence-electron chi connectivity index (χ0n) is 11.2. The van der Waals surface area contributed by atoms with Crippen LogP contribution in [0.3, 0.4) is 0 Å². The van der Waals surface area contributed by atoms with E-state index in [0.717, 1.165) is 23.8 Å². The van der Waals surface area contributed by atoms with Crippen LogP contribution in [0.2, 0.25) is 5.02 Å². The quantitative estimate of drug-likeness (QED) is 0.926. The summed E-state index contributed by atoms with van der Waals surface area (Å²) in [7, 11) is 0. The molecule has 1 aromatic heterocycles. The van der Waals surface area contributed by atoms with Gasteiger partial charge >= 0.3 is 0 Å². The van der Waals surface area contributed by atoms with E-state index in [1.807, 2.05) is 6.92 Å². The van der Waals surface area contributed by atoms with Gasteiger partial charge in [0.25, 0.3) is 5.91 Å². The van der Waals surface area contributed by atoms with Gasteiger partial charge < -0.3 is 14.4 Å². The molecule has 1 aliphatic rings. The van der Waals surface area contributed by atoms with Gasteiger partial charge in [0.15, 0.2) is 5.76 Å². The van der Waals surface area contributed by atoms with Gasteiger partial charge in [-0.05, 0) is 38.0 Å². The van der Waals surface area contributed by atoms with Crippen LogP contribution in [-0.4, -0.2) is 35.1 Å². The summed E-state index contributed by atoms with van der Waals surface area (Å²) in [5, 5.41) is 10.8. The molecular weight excluding hydrogens is 278 g/mol. The first-order chi connectivity index (χ1) is 9.61. The number of aliphatic hydroxyl groups is 1. The number of aliphatic hydroxyl groups excluding tert-OH is 1. The summed E-state index contributed by atoms with van der Waals surface area (Å²) in [6, 6.07) is 5.22. The number of hydrogen-bond acceptors (Lipinski definition) is 3. The molecule has 1 aromatic carbocycles. The summed E-state index contributed by atoms with van der Waals surface area (Å²) in [6.45, 7) is 2.53. The third-order valence-corrected chi connectivity index (χ3v) is 4.18. The van der Waals surface area contributed by atoms with Crippen molar-refractivity contribution in [2.24, 2.45) is 0 Å². The third kappa shape index (κ3) is 2.09. The van der Waals surface area contributed by atoms with Crippen LogP contribution >= 0.6 is 11.6 Å². The normalized spacial score (nSPS) is 18.9. The SMILES string of the molecule is Cc1c(C(=O)N2CCC[C@@H]2CO)oc2ccc(Cl)cc12. The number of carbonyl (C=O) groups is 1. The van der Waals surface area contributed by atoms with Crippen LogP contribution in [0.1, 0.15) is 29.0 Å². The third-order valence-electron chi connectivity index (χ3n) is 3.94. The minimum absolute atomic E-state index is 0.00313. The topological polar surface area (TPSA) is 53.7 Å². The average Bonchev–Trinajstić information content (AvgIpc) is 3.03. The van der Waals surface area contributed by atoms with Gasteiger partial charge in [0, 0.05) is 22.5 Å². The first-order valence-electron chi connectivity index (χ1n) is 6.72. The molecule has 0 aliphatic carbocycles. The number of hydrogen-bond donors (Lipinski definition) is 1. The maximum absolute atomic E-state index is 12.6. The lowest BCUT2D eigenvalue weighted by Crippen LogP contribution is -2.37.